The van der Waals surface area contributed by atoms with Gasteiger partial charge in [0.05, 0.1) is 22.5 Å². The molecule has 1 saturated heterocycles. The Labute approximate surface area is 256 Å². The van der Waals surface area contributed by atoms with Gasteiger partial charge in [0.25, 0.3) is 11.5 Å². The van der Waals surface area contributed by atoms with Crippen LogP contribution in [-0.4, -0.2) is 68.3 Å². The lowest BCUT2D eigenvalue weighted by Crippen LogP contribution is -2.55. The van der Waals surface area contributed by atoms with Crippen LogP contribution in [0.15, 0.2) is 66.1 Å². The lowest BCUT2D eigenvalue weighted by atomic mass is 10.0. The Balaban J connectivity index is 1.56. The summed E-state index contributed by atoms with van der Waals surface area (Å²) in [6.45, 7) is 6.54. The molecule has 10 nitrogen and oxygen atoms in total. The molecule has 1 fully saturated rings. The molecular formula is C31H33F4N7O3. The van der Waals surface area contributed by atoms with E-state index in [1.807, 2.05) is 25.8 Å². The number of aliphatic hydroxyl groups is 1. The van der Waals surface area contributed by atoms with Gasteiger partial charge in [0.15, 0.2) is 0 Å². The number of nitrogens with zero attached hydrogens (tertiary/aromatic N) is 6. The normalized spacial score (nSPS) is 20.0. The molecule has 1 aromatic carbocycles. The van der Waals surface area contributed by atoms with Gasteiger partial charge >= 0.3 is 6.18 Å². The molecule has 45 heavy (non-hydrogen) atoms. The number of pyridine rings is 1. The number of benzene rings is 1. The van der Waals surface area contributed by atoms with Crippen LogP contribution in [-0.2, 0) is 13.2 Å². The van der Waals surface area contributed by atoms with E-state index in [0.29, 0.717) is 24.8 Å². The van der Waals surface area contributed by atoms with Crippen LogP contribution < -0.4 is 20.7 Å². The fourth-order valence-corrected chi connectivity index (χ4v) is 5.28. The number of amides is 1. The molecule has 2 aromatic heterocycles. The number of carbonyl (C=O) groups excluding carboxylic acids is 1. The zero-order chi connectivity index (χ0) is 32.8. The summed E-state index contributed by atoms with van der Waals surface area (Å²) in [7, 11) is 3.22. The molecule has 2 N–H and O–H groups in total. The first kappa shape index (κ1) is 31.9. The van der Waals surface area contributed by atoms with E-state index in [-0.39, 0.29) is 34.8 Å². The highest BCUT2D eigenvalue weighted by Gasteiger charge is 2.37. The number of halogens is 4. The highest BCUT2D eigenvalue weighted by molar-refractivity contribution is 6.07. The first-order valence-corrected chi connectivity index (χ1v) is 14.2. The number of nitrogens with one attached hydrogen (secondary N) is 1. The van der Waals surface area contributed by atoms with Gasteiger partial charge < -0.3 is 19.9 Å². The maximum Gasteiger partial charge on any atom is 0.417 e. The minimum Gasteiger partial charge on any atom is -0.382 e. The molecule has 0 saturated carbocycles. The Kier molecular flexibility index (Phi) is 8.31. The summed E-state index contributed by atoms with van der Waals surface area (Å²) in [5.41, 5.74) is -3.52. The van der Waals surface area contributed by atoms with Gasteiger partial charge in [-0.1, -0.05) is 0 Å². The lowest BCUT2D eigenvalue weighted by Gasteiger charge is -2.44. The van der Waals surface area contributed by atoms with Crippen LogP contribution in [0, 0.1) is 5.82 Å². The summed E-state index contributed by atoms with van der Waals surface area (Å²) in [6.07, 6.45) is 4.91. The molecule has 3 aromatic rings. The number of anilines is 3. The number of likely N-dealkylation sites (N-methyl/N-ethyl adjacent to an activating group) is 1. The van der Waals surface area contributed by atoms with Gasteiger partial charge in [-0.15, -0.1) is 0 Å². The minimum atomic E-state index is -4.97. The molecule has 1 amide bonds. The van der Waals surface area contributed by atoms with Crippen LogP contribution >= 0.6 is 0 Å². The Morgan fingerprint density at radius 3 is 2.22 bits per heavy atom. The van der Waals surface area contributed by atoms with Crippen molar-refractivity contribution in [2.45, 2.75) is 44.6 Å². The molecule has 238 valence electrons. The van der Waals surface area contributed by atoms with Crippen LogP contribution in [0.3, 0.4) is 0 Å². The molecule has 4 heterocycles. The summed E-state index contributed by atoms with van der Waals surface area (Å²) >= 11 is 0. The van der Waals surface area contributed by atoms with Crippen molar-refractivity contribution < 1.29 is 27.5 Å². The van der Waals surface area contributed by atoms with E-state index in [0.717, 1.165) is 10.8 Å². The van der Waals surface area contributed by atoms with E-state index in [4.69, 9.17) is 0 Å². The Morgan fingerprint density at radius 1 is 1.04 bits per heavy atom. The van der Waals surface area contributed by atoms with Crippen molar-refractivity contribution in [2.75, 3.05) is 35.3 Å². The summed E-state index contributed by atoms with van der Waals surface area (Å²) < 4.78 is 58.3. The van der Waals surface area contributed by atoms with E-state index >= 15 is 4.39 Å². The van der Waals surface area contributed by atoms with Gasteiger partial charge in [-0.2, -0.15) is 13.2 Å². The van der Waals surface area contributed by atoms with Gasteiger partial charge in [-0.05, 0) is 52.1 Å². The summed E-state index contributed by atoms with van der Waals surface area (Å²) in [6, 6.07) is 3.09. The number of hydrogen-bond donors (Lipinski definition) is 2. The number of aromatic nitrogens is 3. The SMILES string of the molecule is C[C@@H]1CN(c2cc(F)c(-c3cnc(N4C=CC(C)(O)C=C4)nc3)cc2NC(=O)c2cn(C)c(=O)cc2C(F)(F)F)C[C@H](C)N1C. The fraction of sp³-hybridized carbons (Fsp3) is 0.355. The van der Waals surface area contributed by atoms with E-state index in [1.165, 1.54) is 31.6 Å². The highest BCUT2D eigenvalue weighted by Crippen LogP contribution is 2.37. The molecule has 2 aliphatic heterocycles. The molecule has 2 aliphatic rings. The Morgan fingerprint density at radius 2 is 1.64 bits per heavy atom. The molecule has 5 rings (SSSR count). The third-order valence-corrected chi connectivity index (χ3v) is 8.14. The van der Waals surface area contributed by atoms with Crippen molar-refractivity contribution in [1.29, 1.82) is 0 Å². The predicted octanol–water partition coefficient (Wildman–Crippen LogP) is 4.38. The van der Waals surface area contributed by atoms with Crippen molar-refractivity contribution in [2.24, 2.45) is 7.05 Å². The lowest BCUT2D eigenvalue weighted by molar-refractivity contribution is -0.138. The number of carbonyl (C=O) groups is 1. The largest absolute Gasteiger partial charge is 0.417 e. The molecule has 0 unspecified atom stereocenters. The first-order valence-electron chi connectivity index (χ1n) is 14.2. The zero-order valence-electron chi connectivity index (χ0n) is 25.3. The summed E-state index contributed by atoms with van der Waals surface area (Å²) in [5.74, 6) is -1.51. The van der Waals surface area contributed by atoms with Crippen molar-refractivity contribution in [3.8, 4) is 11.1 Å². The molecule has 0 aliphatic carbocycles. The third-order valence-electron chi connectivity index (χ3n) is 8.14. The monoisotopic (exact) mass is 627 g/mol. The second-order valence-corrected chi connectivity index (χ2v) is 11.7. The average Bonchev–Trinajstić information content (AvgIpc) is 2.97. The standard InChI is InChI=1S/C31H33F4N7O3/c1-18-15-42(16-19(2)40(18)5)26-12-24(32)21(20-13-36-29(37-14-20)41-8-6-30(3,45)7-9-41)10-25(26)38-28(44)22-17-39(4)27(43)11-23(22)31(33,34)35/h6-14,17-19,45H,15-16H2,1-5H3,(H,38,44)/t18-,19+. The number of alkyl halides is 3. The topological polar surface area (TPSA) is 107 Å². The van der Waals surface area contributed by atoms with Crippen molar-refractivity contribution in [1.82, 2.24) is 19.4 Å². The van der Waals surface area contributed by atoms with E-state index in [9.17, 15) is 27.9 Å². The highest BCUT2D eigenvalue weighted by atomic mass is 19.4. The van der Waals surface area contributed by atoms with Crippen molar-refractivity contribution in [3.63, 3.8) is 0 Å². The van der Waals surface area contributed by atoms with E-state index in [2.05, 4.69) is 20.2 Å². The Bertz CT molecular complexity index is 1710. The van der Waals surface area contributed by atoms with E-state index < -0.39 is 40.2 Å². The van der Waals surface area contributed by atoms with Crippen molar-refractivity contribution in [3.05, 3.63) is 88.6 Å². The number of hydrogen-bond acceptors (Lipinski definition) is 8. The summed E-state index contributed by atoms with van der Waals surface area (Å²) in [5, 5.41) is 12.6. The smallest absolute Gasteiger partial charge is 0.382 e. The first-order chi connectivity index (χ1) is 21.0. The zero-order valence-corrected chi connectivity index (χ0v) is 25.3. The molecule has 0 bridgehead atoms. The van der Waals surface area contributed by atoms with Crippen LogP contribution in [0.2, 0.25) is 0 Å². The van der Waals surface area contributed by atoms with Gasteiger partial charge in [0.1, 0.15) is 11.4 Å². The van der Waals surface area contributed by atoms with Gasteiger partial charge in [-0.25, -0.2) is 14.4 Å². The van der Waals surface area contributed by atoms with Crippen LogP contribution in [0.1, 0.15) is 36.7 Å². The van der Waals surface area contributed by atoms with Crippen LogP contribution in [0.5, 0.6) is 0 Å². The van der Waals surface area contributed by atoms with E-state index in [1.54, 1.807) is 36.4 Å². The number of rotatable bonds is 5. The van der Waals surface area contributed by atoms with Crippen LogP contribution in [0.4, 0.5) is 34.9 Å². The number of aryl methyl sites for hydroxylation is 1. The van der Waals surface area contributed by atoms with Gasteiger partial charge in [0.2, 0.25) is 5.95 Å². The predicted molar refractivity (Wildman–Crippen MR) is 162 cm³/mol. The average molecular weight is 628 g/mol. The second-order valence-electron chi connectivity index (χ2n) is 11.7. The van der Waals surface area contributed by atoms with Gasteiger partial charge in [0, 0.05) is 80.4 Å². The van der Waals surface area contributed by atoms with Crippen LogP contribution in [0.25, 0.3) is 11.1 Å². The maximum atomic E-state index is 15.8. The second kappa shape index (κ2) is 11.7. The van der Waals surface area contributed by atoms with Gasteiger partial charge in [-0.3, -0.25) is 19.4 Å². The number of piperazine rings is 1. The molecule has 0 spiro atoms. The van der Waals surface area contributed by atoms with Crippen molar-refractivity contribution >= 4 is 23.2 Å². The molecule has 0 radical (unpaired) electrons. The minimum absolute atomic E-state index is 0.0139. The Hall–Kier alpha value is -4.56. The quantitative estimate of drug-likeness (QED) is 0.402. The molecule has 14 heteroatoms. The molecular weight excluding hydrogens is 594 g/mol. The fourth-order valence-electron chi connectivity index (χ4n) is 5.28. The summed E-state index contributed by atoms with van der Waals surface area (Å²) in [4.78, 5) is 39.7. The maximum absolute atomic E-state index is 15.8. The third kappa shape index (κ3) is 6.61. The molecule has 2 atom stereocenters.